The molecule has 10 heteroatoms. The predicted octanol–water partition coefficient (Wildman–Crippen LogP) is 2.99. The van der Waals surface area contributed by atoms with Gasteiger partial charge in [0.15, 0.2) is 5.96 Å². The van der Waals surface area contributed by atoms with E-state index in [1.165, 1.54) is 11.8 Å². The summed E-state index contributed by atoms with van der Waals surface area (Å²) in [5.74, 6) is 1.59. The Morgan fingerprint density at radius 1 is 1.26 bits per heavy atom. The highest BCUT2D eigenvalue weighted by molar-refractivity contribution is 14.0. The summed E-state index contributed by atoms with van der Waals surface area (Å²) >= 11 is 0. The third-order valence-corrected chi connectivity index (χ3v) is 4.91. The molecular weight excluding hydrogens is 474 g/mol. The van der Waals surface area contributed by atoms with Crippen molar-refractivity contribution < 1.29 is 17.7 Å². The predicted molar refractivity (Wildman–Crippen MR) is 110 cm³/mol. The SMILES string of the molecule is CN=C(NCCCc1c(C)noc1C)N1CCN(C(C)C(F)(F)F)CC1.I. The molecule has 1 saturated heterocycles. The molecule has 1 aromatic rings. The zero-order valence-corrected chi connectivity index (χ0v) is 18.6. The third kappa shape index (κ3) is 6.51. The van der Waals surface area contributed by atoms with Gasteiger partial charge in [-0.05, 0) is 33.6 Å². The molecule has 0 bridgehead atoms. The Bertz CT molecular complexity index is 593. The van der Waals surface area contributed by atoms with Crippen LogP contribution in [0, 0.1) is 13.8 Å². The molecular formula is C17H29F3IN5O. The van der Waals surface area contributed by atoms with Crippen LogP contribution in [0.2, 0.25) is 0 Å². The molecule has 0 spiro atoms. The molecule has 2 heterocycles. The maximum absolute atomic E-state index is 12.8. The van der Waals surface area contributed by atoms with Gasteiger partial charge in [-0.15, -0.1) is 24.0 Å². The van der Waals surface area contributed by atoms with Gasteiger partial charge in [-0.2, -0.15) is 13.2 Å². The Morgan fingerprint density at radius 3 is 2.37 bits per heavy atom. The number of nitrogens with one attached hydrogen (secondary N) is 1. The molecule has 0 saturated carbocycles. The molecule has 0 radical (unpaired) electrons. The van der Waals surface area contributed by atoms with Gasteiger partial charge in [0.2, 0.25) is 0 Å². The summed E-state index contributed by atoms with van der Waals surface area (Å²) in [5, 5.41) is 7.24. The van der Waals surface area contributed by atoms with Crippen LogP contribution in [0.15, 0.2) is 9.52 Å². The van der Waals surface area contributed by atoms with Crippen LogP contribution in [0.4, 0.5) is 13.2 Å². The Morgan fingerprint density at radius 2 is 1.89 bits per heavy atom. The number of rotatable bonds is 5. The Balaban J connectivity index is 0.00000364. The number of aryl methyl sites for hydroxylation is 2. The minimum Gasteiger partial charge on any atom is -0.361 e. The minimum atomic E-state index is -4.18. The lowest BCUT2D eigenvalue weighted by Crippen LogP contribution is -2.56. The van der Waals surface area contributed by atoms with E-state index in [9.17, 15) is 13.2 Å². The van der Waals surface area contributed by atoms with E-state index < -0.39 is 12.2 Å². The zero-order chi connectivity index (χ0) is 19.3. The number of hydrogen-bond acceptors (Lipinski definition) is 4. The highest BCUT2D eigenvalue weighted by atomic mass is 127. The molecule has 1 aromatic heterocycles. The van der Waals surface area contributed by atoms with Crippen LogP contribution in [0.25, 0.3) is 0 Å². The van der Waals surface area contributed by atoms with Crippen molar-refractivity contribution in [2.45, 2.75) is 45.8 Å². The van der Waals surface area contributed by atoms with Crippen molar-refractivity contribution in [2.24, 2.45) is 4.99 Å². The summed E-state index contributed by atoms with van der Waals surface area (Å²) in [5.41, 5.74) is 2.05. The average Bonchev–Trinajstić information content (AvgIpc) is 2.92. The van der Waals surface area contributed by atoms with Crippen LogP contribution >= 0.6 is 24.0 Å². The zero-order valence-electron chi connectivity index (χ0n) is 16.3. The van der Waals surface area contributed by atoms with Gasteiger partial charge in [0.25, 0.3) is 0 Å². The van der Waals surface area contributed by atoms with Crippen LogP contribution in [0.1, 0.15) is 30.4 Å². The number of alkyl halides is 3. The van der Waals surface area contributed by atoms with E-state index in [1.54, 1.807) is 7.05 Å². The van der Waals surface area contributed by atoms with Gasteiger partial charge in [-0.1, -0.05) is 5.16 Å². The quantitative estimate of drug-likeness (QED) is 0.290. The second kappa shape index (κ2) is 10.5. The summed E-state index contributed by atoms with van der Waals surface area (Å²) in [6, 6.07) is -1.41. The number of nitrogens with zero attached hydrogens (tertiary/aromatic N) is 4. The fourth-order valence-electron chi connectivity index (χ4n) is 3.18. The highest BCUT2D eigenvalue weighted by Gasteiger charge is 2.41. The largest absolute Gasteiger partial charge is 0.403 e. The van der Waals surface area contributed by atoms with E-state index in [0.29, 0.717) is 26.2 Å². The lowest BCUT2D eigenvalue weighted by Gasteiger charge is -2.39. The van der Waals surface area contributed by atoms with Crippen molar-refractivity contribution >= 4 is 29.9 Å². The van der Waals surface area contributed by atoms with Crippen molar-refractivity contribution in [1.29, 1.82) is 0 Å². The molecule has 1 atom stereocenters. The molecule has 1 aliphatic rings. The fourth-order valence-corrected chi connectivity index (χ4v) is 3.18. The van der Waals surface area contributed by atoms with E-state index in [2.05, 4.69) is 15.5 Å². The van der Waals surface area contributed by atoms with E-state index in [0.717, 1.165) is 42.4 Å². The summed E-state index contributed by atoms with van der Waals surface area (Å²) in [4.78, 5) is 7.74. The molecule has 1 fully saturated rings. The van der Waals surface area contributed by atoms with Gasteiger partial charge in [0.1, 0.15) is 11.8 Å². The number of piperazine rings is 1. The standard InChI is InChI=1S/C17H28F3N5O.HI/c1-12-15(13(2)26-23-12)6-5-7-22-16(21-4)25-10-8-24(9-11-25)14(3)17(18,19)20;/h14H,5-11H2,1-4H3,(H,21,22);1H. The van der Waals surface area contributed by atoms with Gasteiger partial charge in [-0.3, -0.25) is 9.89 Å². The maximum atomic E-state index is 12.8. The first-order chi connectivity index (χ1) is 12.2. The first-order valence-corrected chi connectivity index (χ1v) is 8.92. The van der Waals surface area contributed by atoms with Gasteiger partial charge in [0.05, 0.1) is 5.69 Å². The molecule has 0 aliphatic carbocycles. The highest BCUT2D eigenvalue weighted by Crippen LogP contribution is 2.25. The minimum absolute atomic E-state index is 0. The number of hydrogen-bond donors (Lipinski definition) is 1. The summed E-state index contributed by atoms with van der Waals surface area (Å²) in [6.07, 6.45) is -2.42. The smallest absolute Gasteiger partial charge is 0.361 e. The number of aliphatic imine (C=N–C) groups is 1. The van der Waals surface area contributed by atoms with Gasteiger partial charge in [-0.25, -0.2) is 0 Å². The Kier molecular flexibility index (Phi) is 9.32. The molecule has 0 amide bonds. The lowest BCUT2D eigenvalue weighted by atomic mass is 10.1. The first kappa shape index (κ1) is 24.0. The summed E-state index contributed by atoms with van der Waals surface area (Å²) in [7, 11) is 1.70. The summed E-state index contributed by atoms with van der Waals surface area (Å²) < 4.78 is 43.7. The van der Waals surface area contributed by atoms with Crippen LogP contribution in [0.5, 0.6) is 0 Å². The number of aromatic nitrogens is 1. The Labute approximate surface area is 175 Å². The molecule has 0 aromatic carbocycles. The number of halogens is 4. The molecule has 1 unspecified atom stereocenters. The normalized spacial score (nSPS) is 17.6. The second-order valence-electron chi connectivity index (χ2n) is 6.62. The van der Waals surface area contributed by atoms with Crippen molar-refractivity contribution in [3.63, 3.8) is 0 Å². The maximum Gasteiger partial charge on any atom is 0.403 e. The monoisotopic (exact) mass is 503 g/mol. The van der Waals surface area contributed by atoms with Crippen molar-refractivity contribution in [3.05, 3.63) is 17.0 Å². The van der Waals surface area contributed by atoms with Gasteiger partial charge in [0, 0.05) is 45.3 Å². The van der Waals surface area contributed by atoms with Crippen LogP contribution in [-0.4, -0.2) is 72.9 Å². The molecule has 1 aliphatic heterocycles. The van der Waals surface area contributed by atoms with Crippen LogP contribution in [-0.2, 0) is 6.42 Å². The van der Waals surface area contributed by atoms with E-state index in [-0.39, 0.29) is 24.0 Å². The molecule has 6 nitrogen and oxygen atoms in total. The van der Waals surface area contributed by atoms with Crippen molar-refractivity contribution in [2.75, 3.05) is 39.8 Å². The van der Waals surface area contributed by atoms with E-state index in [1.807, 2.05) is 18.7 Å². The van der Waals surface area contributed by atoms with Crippen molar-refractivity contribution in [3.8, 4) is 0 Å². The van der Waals surface area contributed by atoms with Crippen LogP contribution < -0.4 is 5.32 Å². The third-order valence-electron chi connectivity index (χ3n) is 4.91. The molecule has 2 rings (SSSR count). The second-order valence-corrected chi connectivity index (χ2v) is 6.62. The van der Waals surface area contributed by atoms with Gasteiger partial charge >= 0.3 is 6.18 Å². The number of guanidine groups is 1. The topological polar surface area (TPSA) is 56.9 Å². The summed E-state index contributed by atoms with van der Waals surface area (Å²) in [6.45, 7) is 7.60. The van der Waals surface area contributed by atoms with E-state index in [4.69, 9.17) is 4.52 Å². The van der Waals surface area contributed by atoms with Crippen molar-refractivity contribution in [1.82, 2.24) is 20.3 Å². The Hall–Kier alpha value is -1.04. The van der Waals surface area contributed by atoms with Crippen LogP contribution in [0.3, 0.4) is 0 Å². The molecule has 156 valence electrons. The fraction of sp³-hybridized carbons (Fsp3) is 0.765. The average molecular weight is 503 g/mol. The van der Waals surface area contributed by atoms with E-state index >= 15 is 0 Å². The first-order valence-electron chi connectivity index (χ1n) is 8.92. The molecule has 1 N–H and O–H groups in total. The molecule has 27 heavy (non-hydrogen) atoms. The lowest BCUT2D eigenvalue weighted by molar-refractivity contribution is -0.181. The van der Waals surface area contributed by atoms with Gasteiger partial charge < -0.3 is 14.7 Å².